The van der Waals surface area contributed by atoms with Gasteiger partial charge in [0.1, 0.15) is 11.9 Å². The molecule has 0 atom stereocenters. The van der Waals surface area contributed by atoms with Crippen LogP contribution in [0.25, 0.3) is 16.5 Å². The Kier molecular flexibility index (Phi) is 4.21. The molecule has 1 aromatic carbocycles. The molecule has 2 N–H and O–H groups in total. The molecule has 0 radical (unpaired) electrons. The van der Waals surface area contributed by atoms with Gasteiger partial charge in [-0.15, -0.1) is 0 Å². The normalized spacial score (nSPS) is 16.0. The van der Waals surface area contributed by atoms with Crippen molar-refractivity contribution in [3.8, 4) is 6.07 Å². The molecule has 0 bridgehead atoms. The molecule has 0 unspecified atom stereocenters. The molecule has 21 heavy (non-hydrogen) atoms. The van der Waals surface area contributed by atoms with E-state index >= 15 is 0 Å². The monoisotopic (exact) mass is 414 g/mol. The van der Waals surface area contributed by atoms with Crippen LogP contribution in [0.4, 0.5) is 4.39 Å². The van der Waals surface area contributed by atoms with Gasteiger partial charge >= 0.3 is 0 Å². The van der Waals surface area contributed by atoms with Gasteiger partial charge in [0.05, 0.1) is 16.8 Å². The second-order valence-electron chi connectivity index (χ2n) is 4.84. The average molecular weight is 414 g/mol. The fourth-order valence-electron chi connectivity index (χ4n) is 2.56. The summed E-state index contributed by atoms with van der Waals surface area (Å²) in [6.45, 7) is 1.45. The Morgan fingerprint density at radius 3 is 2.86 bits per heavy atom. The first kappa shape index (κ1) is 14.8. The lowest BCUT2D eigenvalue weighted by atomic mass is 10.1. The van der Waals surface area contributed by atoms with Crippen molar-refractivity contribution in [1.29, 1.82) is 5.26 Å². The third kappa shape index (κ3) is 2.57. The fraction of sp³-hybridized carbons (Fsp3) is 0.214. The highest BCUT2D eigenvalue weighted by Crippen LogP contribution is 2.36. The van der Waals surface area contributed by atoms with Crippen LogP contribution in [0.3, 0.4) is 0 Å². The van der Waals surface area contributed by atoms with Crippen LogP contribution in [0.5, 0.6) is 0 Å². The van der Waals surface area contributed by atoms with Crippen LogP contribution in [-0.2, 0) is 0 Å². The number of hydrazine groups is 1. The molecule has 0 saturated carbocycles. The first-order valence-corrected chi connectivity index (χ1v) is 9.69. The molecule has 0 spiro atoms. The zero-order valence-electron chi connectivity index (χ0n) is 11.0. The highest BCUT2D eigenvalue weighted by molar-refractivity contribution is 14.2. The maximum atomic E-state index is 14.1. The lowest BCUT2D eigenvalue weighted by molar-refractivity contribution is 0.314. The van der Waals surface area contributed by atoms with E-state index in [-0.39, 0.29) is 5.82 Å². The molecule has 0 fully saturated rings. The number of fused-ring (bicyclic) bond motifs is 1. The van der Waals surface area contributed by atoms with E-state index in [1.807, 2.05) is 10.0 Å². The molecule has 1 aliphatic rings. The molecule has 108 valence electrons. The number of benzene rings is 1. The third-order valence-electron chi connectivity index (χ3n) is 3.63. The summed E-state index contributed by atoms with van der Waals surface area (Å²) >= 11 is 2.15. The van der Waals surface area contributed by atoms with Crippen LogP contribution < -0.4 is 5.84 Å². The van der Waals surface area contributed by atoms with Gasteiger partial charge in [0.15, 0.2) is 0 Å². The zero-order valence-corrected chi connectivity index (χ0v) is 14.0. The van der Waals surface area contributed by atoms with Crippen LogP contribution in [0, 0.1) is 17.1 Å². The predicted octanol–water partition coefficient (Wildman–Crippen LogP) is 3.46. The van der Waals surface area contributed by atoms with Gasteiger partial charge in [0, 0.05) is 48.8 Å². The minimum absolute atomic E-state index is 0.300. The molecule has 4 nitrogen and oxygen atoms in total. The van der Waals surface area contributed by atoms with E-state index in [0.29, 0.717) is 23.0 Å². The lowest BCUT2D eigenvalue weighted by Crippen LogP contribution is -2.34. The van der Waals surface area contributed by atoms with Gasteiger partial charge < -0.3 is 0 Å². The largest absolute Gasteiger partial charge is 0.274 e. The SMILES string of the molecule is N#Cc1ccc(F)c2cc(C3=CCN(N)CC3)n(SI)c12. The van der Waals surface area contributed by atoms with E-state index in [4.69, 9.17) is 5.84 Å². The van der Waals surface area contributed by atoms with Gasteiger partial charge in [0.25, 0.3) is 0 Å². The Balaban J connectivity index is 2.25. The van der Waals surface area contributed by atoms with E-state index in [1.165, 1.54) is 21.3 Å². The number of aromatic nitrogens is 1. The molecule has 2 aromatic rings. The molecule has 2 heterocycles. The number of nitriles is 1. The number of halogens is 2. The summed E-state index contributed by atoms with van der Waals surface area (Å²) in [5, 5.41) is 11.5. The van der Waals surface area contributed by atoms with Crippen molar-refractivity contribution in [2.45, 2.75) is 6.42 Å². The third-order valence-corrected chi connectivity index (χ3v) is 5.32. The number of nitrogens with two attached hydrogens (primary N) is 1. The molecular weight excluding hydrogens is 402 g/mol. The van der Waals surface area contributed by atoms with Crippen molar-refractivity contribution in [2.75, 3.05) is 13.1 Å². The Morgan fingerprint density at radius 1 is 1.43 bits per heavy atom. The summed E-state index contributed by atoms with van der Waals surface area (Å²) in [4.78, 5) is 0. The number of hydrogen-bond donors (Lipinski definition) is 1. The van der Waals surface area contributed by atoms with E-state index < -0.39 is 0 Å². The van der Waals surface area contributed by atoms with Crippen LogP contribution >= 0.6 is 30.3 Å². The standard InChI is InChI=1S/C14H12FIN4S/c15-12-2-1-10(8-17)14-11(12)7-13(20(14)21-16)9-3-5-19(18)6-4-9/h1-3,7H,4-6,18H2. The number of hydrogen-bond acceptors (Lipinski definition) is 4. The van der Waals surface area contributed by atoms with Gasteiger partial charge in [-0.2, -0.15) is 5.26 Å². The number of nitrogens with zero attached hydrogens (tertiary/aromatic N) is 3. The van der Waals surface area contributed by atoms with E-state index in [0.717, 1.165) is 24.2 Å². The van der Waals surface area contributed by atoms with Crippen molar-refractivity contribution in [3.05, 3.63) is 41.3 Å². The molecule has 1 aliphatic heterocycles. The first-order valence-electron chi connectivity index (χ1n) is 6.38. The van der Waals surface area contributed by atoms with E-state index in [1.54, 1.807) is 5.01 Å². The molecule has 0 amide bonds. The Hall–Kier alpha value is -1.08. The second-order valence-corrected chi connectivity index (χ2v) is 6.52. The van der Waals surface area contributed by atoms with Crippen molar-refractivity contribution in [1.82, 2.24) is 8.98 Å². The maximum Gasteiger partial charge on any atom is 0.132 e. The fourth-order valence-corrected chi connectivity index (χ4v) is 4.30. The molecule has 0 aliphatic carbocycles. The van der Waals surface area contributed by atoms with Gasteiger partial charge in [-0.3, -0.25) is 9.82 Å². The summed E-state index contributed by atoms with van der Waals surface area (Å²) < 4.78 is 16.0. The van der Waals surface area contributed by atoms with E-state index in [9.17, 15) is 9.65 Å². The summed E-state index contributed by atoms with van der Waals surface area (Å²) in [7, 11) is 1.45. The molecule has 0 saturated heterocycles. The van der Waals surface area contributed by atoms with Gasteiger partial charge in [-0.1, -0.05) is 6.08 Å². The van der Waals surface area contributed by atoms with Crippen molar-refractivity contribution >= 4 is 46.8 Å². The summed E-state index contributed by atoms with van der Waals surface area (Å²) in [6, 6.07) is 6.85. The number of rotatable bonds is 2. The molecule has 7 heteroatoms. The topological polar surface area (TPSA) is 58.0 Å². The maximum absolute atomic E-state index is 14.1. The van der Waals surface area contributed by atoms with Gasteiger partial charge in [-0.05, 0) is 30.2 Å². The van der Waals surface area contributed by atoms with Crippen LogP contribution in [-0.4, -0.2) is 22.1 Å². The van der Waals surface area contributed by atoms with Crippen LogP contribution in [0.2, 0.25) is 0 Å². The molecule has 3 rings (SSSR count). The summed E-state index contributed by atoms with van der Waals surface area (Å²) in [5.41, 5.74) is 3.21. The first-order chi connectivity index (χ1) is 10.2. The highest BCUT2D eigenvalue weighted by Gasteiger charge is 2.20. The lowest BCUT2D eigenvalue weighted by Gasteiger charge is -2.22. The summed E-state index contributed by atoms with van der Waals surface area (Å²) in [6.07, 6.45) is 2.87. The van der Waals surface area contributed by atoms with Gasteiger partial charge in [0.2, 0.25) is 0 Å². The van der Waals surface area contributed by atoms with Crippen molar-refractivity contribution < 1.29 is 4.39 Å². The molecule has 1 aromatic heterocycles. The van der Waals surface area contributed by atoms with E-state index in [2.05, 4.69) is 33.4 Å². The smallest absolute Gasteiger partial charge is 0.132 e. The summed E-state index contributed by atoms with van der Waals surface area (Å²) in [5.74, 6) is 5.46. The van der Waals surface area contributed by atoms with Crippen LogP contribution in [0.15, 0.2) is 24.3 Å². The minimum Gasteiger partial charge on any atom is -0.274 e. The second kappa shape index (κ2) is 5.96. The van der Waals surface area contributed by atoms with Gasteiger partial charge in [-0.25, -0.2) is 9.40 Å². The minimum atomic E-state index is -0.300. The average Bonchev–Trinajstić information content (AvgIpc) is 2.89. The zero-order chi connectivity index (χ0) is 15.0. The van der Waals surface area contributed by atoms with Crippen molar-refractivity contribution in [3.63, 3.8) is 0 Å². The van der Waals surface area contributed by atoms with Crippen LogP contribution in [0.1, 0.15) is 17.7 Å². The Bertz CT molecular complexity index is 777. The highest BCUT2D eigenvalue weighted by atomic mass is 127. The Morgan fingerprint density at radius 2 is 2.24 bits per heavy atom. The van der Waals surface area contributed by atoms with Crippen molar-refractivity contribution in [2.24, 2.45) is 5.84 Å². The predicted molar refractivity (Wildman–Crippen MR) is 92.0 cm³/mol. The molecular formula is C14H12FIN4S. The Labute approximate surface area is 138 Å². The quantitative estimate of drug-likeness (QED) is 0.604.